The molecule has 1 aliphatic heterocycles. The van der Waals surface area contributed by atoms with E-state index in [2.05, 4.69) is 5.32 Å². The van der Waals surface area contributed by atoms with Crippen molar-refractivity contribution in [1.82, 2.24) is 5.32 Å². The first-order valence-electron chi connectivity index (χ1n) is 7.52. The van der Waals surface area contributed by atoms with Crippen LogP contribution in [0.2, 0.25) is 0 Å². The molecule has 1 heterocycles. The summed E-state index contributed by atoms with van der Waals surface area (Å²) in [6, 6.07) is 4.33. The van der Waals surface area contributed by atoms with Gasteiger partial charge in [0.1, 0.15) is 5.69 Å². The van der Waals surface area contributed by atoms with E-state index < -0.39 is 16.4 Å². The van der Waals surface area contributed by atoms with E-state index in [1.165, 1.54) is 0 Å². The average molecular weight is 295 g/mol. The van der Waals surface area contributed by atoms with Gasteiger partial charge in [-0.3, -0.25) is 10.1 Å². The minimum absolute atomic E-state index is 0.396. The van der Waals surface area contributed by atoms with Gasteiger partial charge in [-0.15, -0.1) is 0 Å². The van der Waals surface area contributed by atoms with Crippen LogP contribution in [0.5, 0.6) is 0 Å². The summed E-state index contributed by atoms with van der Waals surface area (Å²) in [6.45, 7) is 5.40. The number of piperidine rings is 1. The van der Waals surface area contributed by atoms with Crippen molar-refractivity contribution >= 4 is 11.4 Å². The second-order valence-corrected chi connectivity index (χ2v) is 5.52. The average Bonchev–Trinajstić information content (AvgIpc) is 2.47. The predicted molar refractivity (Wildman–Crippen MR) is 81.2 cm³/mol. The normalized spacial score (nSPS) is 18.5. The molecule has 1 fully saturated rings. The Morgan fingerprint density at radius 1 is 1.52 bits per heavy atom. The highest BCUT2D eigenvalue weighted by Crippen LogP contribution is 2.31. The van der Waals surface area contributed by atoms with Gasteiger partial charge >= 0.3 is 5.69 Å². The third-order valence-corrected chi connectivity index (χ3v) is 3.86. The van der Waals surface area contributed by atoms with Crippen LogP contribution in [0, 0.1) is 21.8 Å². The molecule has 0 amide bonds. The zero-order valence-corrected chi connectivity index (χ0v) is 12.3. The number of nitro benzene ring substituents is 1. The van der Waals surface area contributed by atoms with Crippen molar-refractivity contribution in [3.05, 3.63) is 34.1 Å². The van der Waals surface area contributed by atoms with Crippen LogP contribution in [0.4, 0.5) is 15.8 Å². The molecule has 5 nitrogen and oxygen atoms in total. The fourth-order valence-electron chi connectivity index (χ4n) is 2.91. The molecule has 1 aromatic rings. The van der Waals surface area contributed by atoms with Gasteiger partial charge in [0.2, 0.25) is 5.82 Å². The van der Waals surface area contributed by atoms with Crippen molar-refractivity contribution < 1.29 is 9.31 Å². The van der Waals surface area contributed by atoms with E-state index in [4.69, 9.17) is 0 Å². The van der Waals surface area contributed by atoms with Gasteiger partial charge in [-0.2, -0.15) is 4.39 Å². The molecular formula is C15H22FN3O2. The SMILES string of the molecule is CCCN(CC1CCCNC1)c1cccc(F)c1[N+](=O)[O-]. The summed E-state index contributed by atoms with van der Waals surface area (Å²) in [6.07, 6.45) is 3.10. The smallest absolute Gasteiger partial charge is 0.327 e. The van der Waals surface area contributed by atoms with Crippen molar-refractivity contribution in [2.75, 3.05) is 31.1 Å². The number of anilines is 1. The van der Waals surface area contributed by atoms with Crippen molar-refractivity contribution in [2.24, 2.45) is 5.92 Å². The maximum Gasteiger partial charge on any atom is 0.327 e. The van der Waals surface area contributed by atoms with Gasteiger partial charge in [-0.1, -0.05) is 13.0 Å². The van der Waals surface area contributed by atoms with E-state index >= 15 is 0 Å². The van der Waals surface area contributed by atoms with E-state index in [0.717, 1.165) is 45.0 Å². The Balaban J connectivity index is 2.24. The summed E-state index contributed by atoms with van der Waals surface area (Å²) < 4.78 is 13.8. The molecule has 21 heavy (non-hydrogen) atoms. The van der Waals surface area contributed by atoms with Crippen LogP contribution in [0.3, 0.4) is 0 Å². The van der Waals surface area contributed by atoms with Crippen molar-refractivity contribution in [3.63, 3.8) is 0 Å². The number of benzene rings is 1. The lowest BCUT2D eigenvalue weighted by molar-refractivity contribution is -0.386. The Morgan fingerprint density at radius 3 is 2.95 bits per heavy atom. The number of nitro groups is 1. The minimum atomic E-state index is -0.764. The monoisotopic (exact) mass is 295 g/mol. The molecular weight excluding hydrogens is 273 g/mol. The number of nitrogens with zero attached hydrogens (tertiary/aromatic N) is 2. The summed E-state index contributed by atoms with van der Waals surface area (Å²) in [7, 11) is 0. The Kier molecular flexibility index (Phi) is 5.50. The number of rotatable bonds is 6. The zero-order chi connectivity index (χ0) is 15.2. The number of nitrogens with one attached hydrogen (secondary N) is 1. The van der Waals surface area contributed by atoms with Crippen LogP contribution in [-0.4, -0.2) is 31.1 Å². The van der Waals surface area contributed by atoms with Gasteiger partial charge in [0.05, 0.1) is 4.92 Å². The first-order chi connectivity index (χ1) is 10.1. The lowest BCUT2D eigenvalue weighted by Crippen LogP contribution is -2.39. The molecule has 1 aromatic carbocycles. The predicted octanol–water partition coefficient (Wildman–Crippen LogP) is 2.95. The number of hydrogen-bond acceptors (Lipinski definition) is 4. The Morgan fingerprint density at radius 2 is 2.33 bits per heavy atom. The van der Waals surface area contributed by atoms with Gasteiger partial charge in [0, 0.05) is 13.1 Å². The first-order valence-corrected chi connectivity index (χ1v) is 7.52. The Labute approximate surface area is 124 Å². The standard InChI is InChI=1S/C15H22FN3O2/c1-2-9-18(11-12-5-4-8-17-10-12)14-7-3-6-13(16)15(14)19(20)21/h3,6-7,12,17H,2,4-5,8-11H2,1H3. The highest BCUT2D eigenvalue weighted by molar-refractivity contribution is 5.63. The summed E-state index contributed by atoms with van der Waals surface area (Å²) in [4.78, 5) is 12.5. The molecule has 0 bridgehead atoms. The largest absolute Gasteiger partial charge is 0.366 e. The van der Waals surface area contributed by atoms with Crippen molar-refractivity contribution in [1.29, 1.82) is 0 Å². The van der Waals surface area contributed by atoms with Crippen LogP contribution in [0.1, 0.15) is 26.2 Å². The lowest BCUT2D eigenvalue weighted by Gasteiger charge is -2.31. The van der Waals surface area contributed by atoms with E-state index in [9.17, 15) is 14.5 Å². The van der Waals surface area contributed by atoms with E-state index in [1.807, 2.05) is 11.8 Å². The fourth-order valence-corrected chi connectivity index (χ4v) is 2.91. The molecule has 1 aliphatic rings. The summed E-state index contributed by atoms with van der Waals surface area (Å²) in [5.41, 5.74) is -0.0119. The molecule has 1 unspecified atom stereocenters. The Hall–Kier alpha value is -1.69. The van der Waals surface area contributed by atoms with Gasteiger partial charge in [0.25, 0.3) is 0 Å². The van der Waals surface area contributed by atoms with Crippen molar-refractivity contribution in [3.8, 4) is 0 Å². The third-order valence-electron chi connectivity index (χ3n) is 3.86. The molecule has 0 radical (unpaired) electrons. The lowest BCUT2D eigenvalue weighted by atomic mass is 9.98. The van der Waals surface area contributed by atoms with Crippen LogP contribution in [-0.2, 0) is 0 Å². The molecule has 0 saturated carbocycles. The second kappa shape index (κ2) is 7.36. The fraction of sp³-hybridized carbons (Fsp3) is 0.600. The first kappa shape index (κ1) is 15.7. The molecule has 1 N–H and O–H groups in total. The maximum absolute atomic E-state index is 13.8. The molecule has 0 aromatic heterocycles. The molecule has 2 rings (SSSR count). The molecule has 6 heteroatoms. The molecule has 0 aliphatic carbocycles. The van der Waals surface area contributed by atoms with Gasteiger partial charge < -0.3 is 10.2 Å². The van der Waals surface area contributed by atoms with Gasteiger partial charge in [-0.25, -0.2) is 0 Å². The number of hydrogen-bond donors (Lipinski definition) is 1. The highest BCUT2D eigenvalue weighted by Gasteiger charge is 2.26. The minimum Gasteiger partial charge on any atom is -0.366 e. The summed E-state index contributed by atoms with van der Waals surface area (Å²) in [5, 5.41) is 14.5. The maximum atomic E-state index is 13.8. The van der Waals surface area contributed by atoms with Gasteiger partial charge in [0.15, 0.2) is 0 Å². The molecule has 1 saturated heterocycles. The molecule has 0 spiro atoms. The van der Waals surface area contributed by atoms with E-state index in [0.29, 0.717) is 18.2 Å². The van der Waals surface area contributed by atoms with Crippen LogP contribution in [0.25, 0.3) is 0 Å². The highest BCUT2D eigenvalue weighted by atomic mass is 19.1. The van der Waals surface area contributed by atoms with Gasteiger partial charge in [-0.05, 0) is 50.4 Å². The Bertz CT molecular complexity index is 490. The summed E-state index contributed by atoms with van der Waals surface area (Å²) >= 11 is 0. The van der Waals surface area contributed by atoms with Crippen LogP contribution in [0.15, 0.2) is 18.2 Å². The quantitative estimate of drug-likeness (QED) is 0.647. The molecule has 116 valence electrons. The second-order valence-electron chi connectivity index (χ2n) is 5.52. The topological polar surface area (TPSA) is 58.4 Å². The number of para-hydroxylation sites is 1. The summed E-state index contributed by atoms with van der Waals surface area (Å²) in [5.74, 6) is -0.312. The van der Waals surface area contributed by atoms with E-state index in [1.54, 1.807) is 12.1 Å². The van der Waals surface area contributed by atoms with Crippen LogP contribution >= 0.6 is 0 Å². The third kappa shape index (κ3) is 3.91. The van der Waals surface area contributed by atoms with Crippen LogP contribution < -0.4 is 10.2 Å². The van der Waals surface area contributed by atoms with E-state index in [-0.39, 0.29) is 0 Å². The van der Waals surface area contributed by atoms with Crippen molar-refractivity contribution in [2.45, 2.75) is 26.2 Å². The number of halogens is 1. The zero-order valence-electron chi connectivity index (χ0n) is 12.3. The molecule has 1 atom stereocenters.